The number of nitrogens with one attached hydrogen (secondary N) is 2. The van der Waals surface area contributed by atoms with Crippen molar-refractivity contribution in [1.82, 2.24) is 20.6 Å². The van der Waals surface area contributed by atoms with Gasteiger partial charge >= 0.3 is 0 Å². The standard InChI is InChI=1S/2C27H33N3O2/c2*31-25-20-12-18-13-21(25)16-27(14-18,15-20)26(32)29-22-4-3-11-30(17-22)23-8-6-19(7-9-23)24-5-1-2-10-28-24/h2*1-2,5-10,18,20-22,25,31H,3-4,11-17H2,(H,29,32)/t2*18?,20?,21?,22-,25?,27?/m00/s1. The number of nitrogens with zero attached hydrogens (tertiary/aromatic N) is 4. The summed E-state index contributed by atoms with van der Waals surface area (Å²) in [5.41, 5.74) is 6.21. The van der Waals surface area contributed by atoms with E-state index in [9.17, 15) is 19.8 Å². The molecule has 4 N–H and O–H groups in total. The number of piperidine rings is 2. The van der Waals surface area contributed by atoms with Crippen LogP contribution in [0.2, 0.25) is 0 Å². The van der Waals surface area contributed by atoms with Crippen LogP contribution in [-0.4, -0.2) is 82.5 Å². The second kappa shape index (κ2) is 17.2. The predicted molar refractivity (Wildman–Crippen MR) is 250 cm³/mol. The van der Waals surface area contributed by atoms with Gasteiger partial charge in [0.1, 0.15) is 0 Å². The molecule has 8 aliphatic carbocycles. The van der Waals surface area contributed by atoms with Gasteiger partial charge in [-0.05, 0) is 174 Å². The summed E-state index contributed by atoms with van der Waals surface area (Å²) < 4.78 is 0. The van der Waals surface area contributed by atoms with E-state index in [-0.39, 0.29) is 46.9 Å². The maximum atomic E-state index is 13.5. The Morgan fingerprint density at radius 2 is 0.922 bits per heavy atom. The third kappa shape index (κ3) is 8.12. The lowest BCUT2D eigenvalue weighted by Crippen LogP contribution is -2.60. The molecular formula is C54H66N6O4. The van der Waals surface area contributed by atoms with Crippen LogP contribution in [0.15, 0.2) is 97.3 Å². The molecule has 14 rings (SSSR count). The molecule has 10 fully saturated rings. The molecule has 2 saturated heterocycles. The van der Waals surface area contributed by atoms with E-state index in [1.165, 1.54) is 11.4 Å². The third-order valence-electron chi connectivity index (χ3n) is 17.3. The van der Waals surface area contributed by atoms with Crippen LogP contribution >= 0.6 is 0 Å². The Labute approximate surface area is 378 Å². The molecule has 336 valence electrons. The summed E-state index contributed by atoms with van der Waals surface area (Å²) in [7, 11) is 0. The molecule has 6 atom stereocenters. The number of aliphatic hydroxyl groups excluding tert-OH is 2. The molecule has 64 heavy (non-hydrogen) atoms. The van der Waals surface area contributed by atoms with E-state index >= 15 is 0 Å². The first kappa shape index (κ1) is 41.9. The second-order valence-electron chi connectivity index (χ2n) is 21.5. The first-order chi connectivity index (χ1) is 31.2. The van der Waals surface area contributed by atoms with Gasteiger partial charge in [-0.3, -0.25) is 19.6 Å². The number of hydrogen-bond donors (Lipinski definition) is 4. The van der Waals surface area contributed by atoms with Gasteiger partial charge < -0.3 is 30.6 Å². The van der Waals surface area contributed by atoms with Crippen LogP contribution in [-0.2, 0) is 9.59 Å². The molecule has 0 spiro atoms. The summed E-state index contributed by atoms with van der Waals surface area (Å²) in [4.78, 5) is 40.7. The van der Waals surface area contributed by atoms with Gasteiger partial charge in [-0.2, -0.15) is 0 Å². The Balaban J connectivity index is 0.000000143. The fourth-order valence-corrected chi connectivity index (χ4v) is 14.6. The average Bonchev–Trinajstić information content (AvgIpc) is 3.33. The molecule has 0 radical (unpaired) electrons. The van der Waals surface area contributed by atoms with Gasteiger partial charge in [0.2, 0.25) is 11.8 Å². The van der Waals surface area contributed by atoms with Gasteiger partial charge in [0.05, 0.1) is 34.4 Å². The van der Waals surface area contributed by atoms with Crippen LogP contribution < -0.4 is 20.4 Å². The molecule has 4 heterocycles. The largest absolute Gasteiger partial charge is 0.393 e. The van der Waals surface area contributed by atoms with E-state index in [0.29, 0.717) is 35.5 Å². The topological polar surface area (TPSA) is 131 Å². The summed E-state index contributed by atoms with van der Waals surface area (Å²) in [6.45, 7) is 3.78. The van der Waals surface area contributed by atoms with E-state index < -0.39 is 0 Å². The number of carbonyl (C=O) groups is 2. The SMILES string of the molecule is O=C(N[C@H]1CCCN(c2ccc(-c3ccccn3)cc2)C1)C12CC3CC(C1)C(O)C(C3)C2.O=C(N[C@H]1CCCN(c2ccc(-c3ccccn3)cc2)C1)C12CC3CC(C1)C(O)C(C3)C2. The highest BCUT2D eigenvalue weighted by Crippen LogP contribution is 2.61. The number of amides is 2. The minimum absolute atomic E-state index is 0.174. The lowest BCUT2D eigenvalue weighted by atomic mass is 9.48. The molecular weight excluding hydrogens is 797 g/mol. The Morgan fingerprint density at radius 1 is 0.531 bits per heavy atom. The first-order valence-corrected chi connectivity index (χ1v) is 24.7. The lowest BCUT2D eigenvalue weighted by molar-refractivity contribution is -0.164. The smallest absolute Gasteiger partial charge is 0.226 e. The number of aromatic nitrogens is 2. The highest BCUT2D eigenvalue weighted by atomic mass is 16.3. The van der Waals surface area contributed by atoms with Crippen molar-refractivity contribution in [3.8, 4) is 22.5 Å². The number of pyridine rings is 2. The summed E-state index contributed by atoms with van der Waals surface area (Å²) in [5.74, 6) is 3.17. The van der Waals surface area contributed by atoms with Crippen molar-refractivity contribution in [2.24, 2.45) is 46.3 Å². The molecule has 2 aromatic heterocycles. The van der Waals surface area contributed by atoms with E-state index in [1.54, 1.807) is 0 Å². The zero-order valence-electron chi connectivity index (χ0n) is 37.2. The Hall–Kier alpha value is -4.80. The van der Waals surface area contributed by atoms with Crippen LogP contribution in [0.25, 0.3) is 22.5 Å². The molecule has 4 aromatic rings. The van der Waals surface area contributed by atoms with Crippen LogP contribution in [0.1, 0.15) is 89.9 Å². The van der Waals surface area contributed by atoms with Gasteiger partial charge in [0, 0.05) is 73.2 Å². The quantitative estimate of drug-likeness (QED) is 0.140. The molecule has 2 aliphatic heterocycles. The lowest BCUT2D eigenvalue weighted by Gasteiger charge is -2.58. The minimum atomic E-state index is -0.220. The molecule has 10 nitrogen and oxygen atoms in total. The van der Waals surface area contributed by atoms with Crippen molar-refractivity contribution in [2.75, 3.05) is 36.0 Å². The van der Waals surface area contributed by atoms with E-state index in [0.717, 1.165) is 139 Å². The van der Waals surface area contributed by atoms with Crippen molar-refractivity contribution < 1.29 is 19.8 Å². The van der Waals surface area contributed by atoms with Crippen LogP contribution in [0.3, 0.4) is 0 Å². The van der Waals surface area contributed by atoms with Gasteiger partial charge in [-0.25, -0.2) is 0 Å². The summed E-state index contributed by atoms with van der Waals surface area (Å²) in [5, 5.41) is 28.0. The van der Waals surface area contributed by atoms with Crippen molar-refractivity contribution in [3.05, 3.63) is 97.3 Å². The number of rotatable bonds is 8. The minimum Gasteiger partial charge on any atom is -0.393 e. The van der Waals surface area contributed by atoms with Gasteiger partial charge in [-0.15, -0.1) is 0 Å². The van der Waals surface area contributed by atoms with Crippen LogP contribution in [0.4, 0.5) is 11.4 Å². The van der Waals surface area contributed by atoms with Crippen molar-refractivity contribution in [1.29, 1.82) is 0 Å². The van der Waals surface area contributed by atoms with Crippen LogP contribution in [0.5, 0.6) is 0 Å². The van der Waals surface area contributed by atoms with Gasteiger partial charge in [-0.1, -0.05) is 36.4 Å². The molecule has 8 bridgehead atoms. The normalized spacial score (nSPS) is 35.7. The number of aliphatic hydroxyl groups is 2. The number of anilines is 2. The fraction of sp³-hybridized carbons (Fsp3) is 0.556. The zero-order chi connectivity index (χ0) is 43.4. The molecule has 4 unspecified atom stereocenters. The summed E-state index contributed by atoms with van der Waals surface area (Å²) in [6, 6.07) is 29.6. The third-order valence-corrected chi connectivity index (χ3v) is 17.3. The first-order valence-electron chi connectivity index (χ1n) is 24.7. The Kier molecular flexibility index (Phi) is 11.3. The fourth-order valence-electron chi connectivity index (χ4n) is 14.6. The van der Waals surface area contributed by atoms with E-state index in [2.05, 4.69) is 78.9 Å². The molecule has 2 amide bonds. The maximum absolute atomic E-state index is 13.5. The second-order valence-corrected chi connectivity index (χ2v) is 21.5. The molecule has 10 heteroatoms. The monoisotopic (exact) mass is 863 g/mol. The van der Waals surface area contributed by atoms with Gasteiger partial charge in [0.25, 0.3) is 0 Å². The summed E-state index contributed by atoms with van der Waals surface area (Å²) >= 11 is 0. The average molecular weight is 863 g/mol. The molecule has 8 saturated carbocycles. The van der Waals surface area contributed by atoms with Crippen molar-refractivity contribution in [3.63, 3.8) is 0 Å². The van der Waals surface area contributed by atoms with Gasteiger partial charge in [0.15, 0.2) is 0 Å². The van der Waals surface area contributed by atoms with Crippen LogP contribution in [0, 0.1) is 46.3 Å². The maximum Gasteiger partial charge on any atom is 0.226 e. The number of hydrogen-bond acceptors (Lipinski definition) is 8. The Morgan fingerprint density at radius 3 is 1.28 bits per heavy atom. The number of benzene rings is 2. The van der Waals surface area contributed by atoms with Crippen molar-refractivity contribution in [2.45, 2.75) is 114 Å². The number of carbonyl (C=O) groups excluding carboxylic acids is 2. The molecule has 2 aromatic carbocycles. The zero-order valence-corrected chi connectivity index (χ0v) is 37.2. The van der Waals surface area contributed by atoms with E-state index in [1.807, 2.05) is 48.8 Å². The summed E-state index contributed by atoms with van der Waals surface area (Å²) in [6.07, 6.45) is 17.7. The molecule has 10 aliphatic rings. The Bertz CT molecular complexity index is 2080. The highest BCUT2D eigenvalue weighted by Gasteiger charge is 2.59. The highest BCUT2D eigenvalue weighted by molar-refractivity contribution is 5.84. The predicted octanol–water partition coefficient (Wildman–Crippen LogP) is 8.04. The van der Waals surface area contributed by atoms with E-state index in [4.69, 9.17) is 0 Å². The van der Waals surface area contributed by atoms with Crippen molar-refractivity contribution >= 4 is 23.2 Å².